The van der Waals surface area contributed by atoms with Gasteiger partial charge in [0.1, 0.15) is 5.84 Å². The number of nitrogens with one attached hydrogen (secondary N) is 2. The van der Waals surface area contributed by atoms with Gasteiger partial charge in [-0.3, -0.25) is 10.8 Å². The summed E-state index contributed by atoms with van der Waals surface area (Å²) in [5.41, 5.74) is 8.44. The maximum absolute atomic E-state index is 7.05. The summed E-state index contributed by atoms with van der Waals surface area (Å²) in [6.07, 6.45) is 6.59. The largest absolute Gasteiger partial charge is 0.384 e. The number of nitrogens with zero attached hydrogens (tertiary/aromatic N) is 1. The van der Waals surface area contributed by atoms with Gasteiger partial charge in [-0.25, -0.2) is 0 Å². The summed E-state index contributed by atoms with van der Waals surface area (Å²) in [5.74, 6) is 0.0363. The lowest BCUT2D eigenvalue weighted by Gasteiger charge is -1.94. The van der Waals surface area contributed by atoms with Crippen LogP contribution in [0.15, 0.2) is 29.0 Å². The first kappa shape index (κ1) is 6.54. The van der Waals surface area contributed by atoms with Crippen LogP contribution in [0.2, 0.25) is 0 Å². The van der Waals surface area contributed by atoms with E-state index in [1.54, 1.807) is 24.6 Å². The van der Waals surface area contributed by atoms with Crippen molar-refractivity contribution in [3.8, 4) is 0 Å². The van der Waals surface area contributed by atoms with Gasteiger partial charge in [0.05, 0.1) is 0 Å². The first-order valence-electron chi connectivity index (χ1n) is 2.80. The van der Waals surface area contributed by atoms with Crippen LogP contribution < -0.4 is 11.2 Å². The molecule has 0 aromatic rings. The number of allylic oxidation sites excluding steroid dienone is 1. The van der Waals surface area contributed by atoms with E-state index in [1.807, 2.05) is 0 Å². The van der Waals surface area contributed by atoms with Crippen LogP contribution in [-0.2, 0) is 0 Å². The predicted molar refractivity (Wildman–Crippen MR) is 40.8 cm³/mol. The third-order valence-electron chi connectivity index (χ3n) is 1.04. The number of rotatable bonds is 1. The average Bonchev–Trinajstić information content (AvgIpc) is 2.12. The Morgan fingerprint density at radius 1 is 1.70 bits per heavy atom. The fourth-order valence-electron chi connectivity index (χ4n) is 0.555. The highest BCUT2D eigenvalue weighted by molar-refractivity contribution is 5.98. The molecule has 52 valence electrons. The highest BCUT2D eigenvalue weighted by atomic mass is 15.3. The minimum Gasteiger partial charge on any atom is -0.384 e. The smallest absolute Gasteiger partial charge is 0.124 e. The van der Waals surface area contributed by atoms with Gasteiger partial charge in [-0.1, -0.05) is 0 Å². The third kappa shape index (κ3) is 1.45. The van der Waals surface area contributed by atoms with Gasteiger partial charge < -0.3 is 5.73 Å². The molecular weight excluding hydrogens is 128 g/mol. The van der Waals surface area contributed by atoms with E-state index in [2.05, 4.69) is 10.5 Å². The summed E-state index contributed by atoms with van der Waals surface area (Å²) in [7, 11) is 0. The van der Waals surface area contributed by atoms with Crippen molar-refractivity contribution in [2.45, 2.75) is 0 Å². The number of amidine groups is 1. The van der Waals surface area contributed by atoms with Crippen molar-refractivity contribution in [3.63, 3.8) is 0 Å². The molecule has 0 atom stereocenters. The van der Waals surface area contributed by atoms with Gasteiger partial charge in [-0.15, -0.1) is 0 Å². The van der Waals surface area contributed by atoms with Crippen molar-refractivity contribution in [1.29, 1.82) is 5.41 Å². The maximum Gasteiger partial charge on any atom is 0.124 e. The molecule has 0 aromatic carbocycles. The van der Waals surface area contributed by atoms with Crippen molar-refractivity contribution in [3.05, 3.63) is 23.9 Å². The van der Waals surface area contributed by atoms with E-state index in [4.69, 9.17) is 11.1 Å². The summed E-state index contributed by atoms with van der Waals surface area (Å²) < 4.78 is 0. The molecule has 0 aromatic heterocycles. The molecule has 4 nitrogen and oxygen atoms in total. The van der Waals surface area contributed by atoms with Gasteiger partial charge in [0.15, 0.2) is 0 Å². The molecular formula is C6H8N4. The molecule has 0 saturated heterocycles. The molecule has 0 fully saturated rings. The maximum atomic E-state index is 7.05. The van der Waals surface area contributed by atoms with E-state index in [1.165, 1.54) is 0 Å². The van der Waals surface area contributed by atoms with Crippen LogP contribution in [0.3, 0.4) is 0 Å². The molecule has 0 saturated carbocycles. The van der Waals surface area contributed by atoms with Crippen LogP contribution >= 0.6 is 0 Å². The highest BCUT2D eigenvalue weighted by Gasteiger charge is 1.94. The van der Waals surface area contributed by atoms with Crippen molar-refractivity contribution in [2.24, 2.45) is 10.8 Å². The Bertz CT molecular complexity index is 224. The second-order valence-electron chi connectivity index (χ2n) is 1.78. The SMILES string of the molecule is N=C(N)C1=CNN=CC=C1. The van der Waals surface area contributed by atoms with Gasteiger partial charge in [-0.2, -0.15) is 5.10 Å². The lowest BCUT2D eigenvalue weighted by atomic mass is 10.2. The van der Waals surface area contributed by atoms with Crippen LogP contribution in [0.1, 0.15) is 0 Å². The van der Waals surface area contributed by atoms with Crippen LogP contribution in [0.25, 0.3) is 0 Å². The van der Waals surface area contributed by atoms with E-state index < -0.39 is 0 Å². The fourth-order valence-corrected chi connectivity index (χ4v) is 0.555. The Kier molecular flexibility index (Phi) is 1.84. The molecule has 10 heavy (non-hydrogen) atoms. The molecule has 0 aliphatic carbocycles. The standard InChI is InChI=1S/C6H8N4/c7-6(8)5-2-1-3-9-10-4-5/h1-4,10H,(H3,7,8). The first-order valence-corrected chi connectivity index (χ1v) is 2.80. The Balaban J connectivity index is 2.78. The van der Waals surface area contributed by atoms with Crippen molar-refractivity contribution >= 4 is 12.1 Å². The lowest BCUT2D eigenvalue weighted by Crippen LogP contribution is -2.12. The van der Waals surface area contributed by atoms with Gasteiger partial charge in [0.2, 0.25) is 0 Å². The Labute approximate surface area is 58.6 Å². The van der Waals surface area contributed by atoms with Crippen LogP contribution in [0.4, 0.5) is 0 Å². The molecule has 0 unspecified atom stereocenters. The Morgan fingerprint density at radius 3 is 3.20 bits per heavy atom. The lowest BCUT2D eigenvalue weighted by molar-refractivity contribution is 0.975. The van der Waals surface area contributed by atoms with E-state index >= 15 is 0 Å². The summed E-state index contributed by atoms with van der Waals surface area (Å²) in [6, 6.07) is 0. The molecule has 0 radical (unpaired) electrons. The molecule has 0 spiro atoms. The minimum absolute atomic E-state index is 0.0363. The zero-order chi connectivity index (χ0) is 7.40. The number of nitrogens with two attached hydrogens (primary N) is 1. The second kappa shape index (κ2) is 2.82. The predicted octanol–water partition coefficient (Wildman–Crippen LogP) is -0.0485. The molecule has 1 aliphatic rings. The van der Waals surface area contributed by atoms with Crippen LogP contribution in [0, 0.1) is 5.41 Å². The molecule has 0 amide bonds. The summed E-state index contributed by atoms with van der Waals surface area (Å²) in [4.78, 5) is 0. The zero-order valence-corrected chi connectivity index (χ0v) is 5.33. The summed E-state index contributed by atoms with van der Waals surface area (Å²) in [6.45, 7) is 0. The molecule has 1 aliphatic heterocycles. The number of hydrogen-bond acceptors (Lipinski definition) is 3. The highest BCUT2D eigenvalue weighted by Crippen LogP contribution is 1.95. The van der Waals surface area contributed by atoms with E-state index in [9.17, 15) is 0 Å². The minimum atomic E-state index is 0.0363. The molecule has 0 bridgehead atoms. The molecule has 4 N–H and O–H groups in total. The number of hydrogen-bond donors (Lipinski definition) is 3. The third-order valence-corrected chi connectivity index (χ3v) is 1.04. The quantitative estimate of drug-likeness (QED) is 0.349. The van der Waals surface area contributed by atoms with E-state index in [-0.39, 0.29) is 5.84 Å². The monoisotopic (exact) mass is 136 g/mol. The van der Waals surface area contributed by atoms with Crippen LogP contribution in [-0.4, -0.2) is 12.1 Å². The molecule has 1 rings (SSSR count). The Morgan fingerprint density at radius 2 is 2.50 bits per heavy atom. The summed E-state index contributed by atoms with van der Waals surface area (Å²) in [5, 5.41) is 10.8. The van der Waals surface area contributed by atoms with E-state index in [0.29, 0.717) is 5.57 Å². The Hall–Kier alpha value is -1.58. The van der Waals surface area contributed by atoms with Gasteiger partial charge in [-0.05, 0) is 12.2 Å². The molecule has 4 heteroatoms. The second-order valence-corrected chi connectivity index (χ2v) is 1.78. The van der Waals surface area contributed by atoms with Gasteiger partial charge >= 0.3 is 0 Å². The van der Waals surface area contributed by atoms with Gasteiger partial charge in [0, 0.05) is 18.0 Å². The fraction of sp³-hybridized carbons (Fsp3) is 0. The topological polar surface area (TPSA) is 74.3 Å². The van der Waals surface area contributed by atoms with Crippen molar-refractivity contribution < 1.29 is 0 Å². The van der Waals surface area contributed by atoms with Crippen molar-refractivity contribution in [2.75, 3.05) is 0 Å². The normalized spacial score (nSPS) is 15.4. The average molecular weight is 136 g/mol. The summed E-state index contributed by atoms with van der Waals surface area (Å²) >= 11 is 0. The number of hydrazone groups is 1. The van der Waals surface area contributed by atoms with Crippen molar-refractivity contribution in [1.82, 2.24) is 5.43 Å². The first-order chi connectivity index (χ1) is 4.80. The van der Waals surface area contributed by atoms with E-state index in [0.717, 1.165) is 0 Å². The zero-order valence-electron chi connectivity index (χ0n) is 5.33. The van der Waals surface area contributed by atoms with Gasteiger partial charge in [0.25, 0.3) is 0 Å². The molecule has 1 heterocycles. The van der Waals surface area contributed by atoms with Crippen LogP contribution in [0.5, 0.6) is 0 Å².